The van der Waals surface area contributed by atoms with E-state index in [0.717, 1.165) is 25.7 Å². The molecule has 0 amide bonds. The maximum Gasteiger partial charge on any atom is 0.305 e. The number of ether oxygens (including phenoxy) is 2. The standard InChI is InChI=1S/C41H72O7/c1-3-5-7-9-11-12-13-14-15-16-17-18-19-21-27-33-40(45)47-35-39(44)36-48-41(46)34-28-32-38(43)31-26-23-22-25-30-37(42)29-24-20-10-8-6-4-2/h20,22-26,30-31,37-39,42-44H,3-19,21,27-29,32-36H2,1-2H3/b23-22+,24-20-,30-25+,31-26-/t37-,38-,39+/m1/s1. The van der Waals surface area contributed by atoms with Crippen LogP contribution in [0.25, 0.3) is 0 Å². The molecule has 48 heavy (non-hydrogen) atoms. The molecule has 0 aliphatic rings. The maximum atomic E-state index is 12.0. The first-order valence-corrected chi connectivity index (χ1v) is 19.4. The smallest absolute Gasteiger partial charge is 0.305 e. The molecule has 0 bridgehead atoms. The van der Waals surface area contributed by atoms with Gasteiger partial charge in [0, 0.05) is 12.8 Å². The molecule has 0 heterocycles. The Morgan fingerprint density at radius 3 is 1.48 bits per heavy atom. The largest absolute Gasteiger partial charge is 0.463 e. The Bertz CT molecular complexity index is 848. The average Bonchev–Trinajstić information content (AvgIpc) is 3.07. The number of hydrogen-bond acceptors (Lipinski definition) is 7. The predicted molar refractivity (Wildman–Crippen MR) is 199 cm³/mol. The van der Waals surface area contributed by atoms with E-state index in [1.165, 1.54) is 96.3 Å². The molecule has 7 nitrogen and oxygen atoms in total. The van der Waals surface area contributed by atoms with Gasteiger partial charge in [-0.25, -0.2) is 0 Å². The van der Waals surface area contributed by atoms with Crippen molar-refractivity contribution in [3.63, 3.8) is 0 Å². The number of unbranched alkanes of at least 4 members (excludes halogenated alkanes) is 17. The van der Waals surface area contributed by atoms with Crippen LogP contribution in [-0.4, -0.2) is 58.8 Å². The summed E-state index contributed by atoms with van der Waals surface area (Å²) in [4.78, 5) is 23.9. The third-order valence-electron chi connectivity index (χ3n) is 8.26. The fourth-order valence-electron chi connectivity index (χ4n) is 5.22. The van der Waals surface area contributed by atoms with Crippen molar-refractivity contribution in [2.45, 2.75) is 186 Å². The lowest BCUT2D eigenvalue weighted by atomic mass is 10.0. The van der Waals surface area contributed by atoms with Gasteiger partial charge < -0.3 is 24.8 Å². The Morgan fingerprint density at radius 1 is 0.521 bits per heavy atom. The van der Waals surface area contributed by atoms with Gasteiger partial charge in [-0.2, -0.15) is 0 Å². The zero-order chi connectivity index (χ0) is 35.3. The first-order chi connectivity index (χ1) is 23.4. The molecule has 0 aromatic rings. The lowest BCUT2D eigenvalue weighted by Gasteiger charge is -2.12. The molecule has 0 rings (SSSR count). The van der Waals surface area contributed by atoms with Crippen LogP contribution in [0.3, 0.4) is 0 Å². The van der Waals surface area contributed by atoms with Crippen LogP contribution < -0.4 is 0 Å². The lowest BCUT2D eigenvalue weighted by Crippen LogP contribution is -2.25. The van der Waals surface area contributed by atoms with Gasteiger partial charge >= 0.3 is 11.9 Å². The van der Waals surface area contributed by atoms with Crippen molar-refractivity contribution in [2.75, 3.05) is 13.2 Å². The molecule has 0 saturated heterocycles. The minimum absolute atomic E-state index is 0.125. The van der Waals surface area contributed by atoms with Gasteiger partial charge in [-0.05, 0) is 38.5 Å². The van der Waals surface area contributed by atoms with E-state index in [2.05, 4.69) is 19.9 Å². The molecule has 0 aromatic carbocycles. The Hall–Kier alpha value is -2.22. The molecule has 0 saturated carbocycles. The summed E-state index contributed by atoms with van der Waals surface area (Å²) < 4.78 is 10.2. The zero-order valence-electron chi connectivity index (χ0n) is 30.7. The number of carbonyl (C=O) groups is 2. The SMILES string of the molecule is CCCCC/C=C\C[C@@H](O)/C=C/C=C/C=C\[C@@H](O)CCCC(=O)OC[C@@H](O)COC(=O)CCCCCCCCCCCCCCCCC. The van der Waals surface area contributed by atoms with E-state index < -0.39 is 24.3 Å². The van der Waals surface area contributed by atoms with Crippen molar-refractivity contribution in [1.29, 1.82) is 0 Å². The number of allylic oxidation sites excluding steroid dienone is 5. The quantitative estimate of drug-likeness (QED) is 0.0269. The Kier molecular flexibility index (Phi) is 34.4. The molecule has 7 heteroatoms. The summed E-state index contributed by atoms with van der Waals surface area (Å²) in [5.41, 5.74) is 0. The minimum atomic E-state index is -1.05. The third-order valence-corrected chi connectivity index (χ3v) is 8.26. The van der Waals surface area contributed by atoms with Gasteiger partial charge in [-0.15, -0.1) is 0 Å². The summed E-state index contributed by atoms with van der Waals surface area (Å²) in [6.07, 6.45) is 38.0. The highest BCUT2D eigenvalue weighted by atomic mass is 16.6. The second kappa shape index (κ2) is 36.1. The van der Waals surface area contributed by atoms with Crippen molar-refractivity contribution >= 4 is 11.9 Å². The number of esters is 2. The minimum Gasteiger partial charge on any atom is -0.463 e. The molecule has 0 unspecified atom stereocenters. The van der Waals surface area contributed by atoms with Crippen LogP contribution in [0.4, 0.5) is 0 Å². The van der Waals surface area contributed by atoms with Gasteiger partial charge in [-0.1, -0.05) is 165 Å². The molecule has 0 fully saturated rings. The van der Waals surface area contributed by atoms with Gasteiger partial charge in [0.1, 0.15) is 19.3 Å². The summed E-state index contributed by atoms with van der Waals surface area (Å²) in [6, 6.07) is 0. The monoisotopic (exact) mass is 677 g/mol. The van der Waals surface area contributed by atoms with Crippen LogP contribution in [0.2, 0.25) is 0 Å². The molecule has 3 atom stereocenters. The van der Waals surface area contributed by atoms with Gasteiger partial charge in [0.25, 0.3) is 0 Å². The lowest BCUT2D eigenvalue weighted by molar-refractivity contribution is -0.152. The normalized spacial score (nSPS) is 14.0. The van der Waals surface area contributed by atoms with Crippen LogP contribution in [0.5, 0.6) is 0 Å². The maximum absolute atomic E-state index is 12.0. The average molecular weight is 677 g/mol. The Morgan fingerprint density at radius 2 is 0.958 bits per heavy atom. The number of rotatable bonds is 34. The zero-order valence-corrected chi connectivity index (χ0v) is 30.7. The molecule has 278 valence electrons. The Labute approximate surface area is 294 Å². The molecule has 3 N–H and O–H groups in total. The van der Waals surface area contributed by atoms with E-state index in [4.69, 9.17) is 9.47 Å². The Balaban J connectivity index is 3.70. The molecule has 0 aromatic heterocycles. The van der Waals surface area contributed by atoms with Crippen LogP contribution in [0.1, 0.15) is 168 Å². The van der Waals surface area contributed by atoms with Gasteiger partial charge in [0.15, 0.2) is 0 Å². The predicted octanol–water partition coefficient (Wildman–Crippen LogP) is 9.78. The highest BCUT2D eigenvalue weighted by Crippen LogP contribution is 2.14. The topological polar surface area (TPSA) is 113 Å². The molecular formula is C41H72O7. The third kappa shape index (κ3) is 35.1. The highest BCUT2D eigenvalue weighted by molar-refractivity contribution is 5.69. The van der Waals surface area contributed by atoms with Crippen LogP contribution in [0.15, 0.2) is 48.6 Å². The van der Waals surface area contributed by atoms with Crippen molar-refractivity contribution in [2.24, 2.45) is 0 Å². The summed E-state index contributed by atoms with van der Waals surface area (Å²) in [7, 11) is 0. The van der Waals surface area contributed by atoms with Crippen molar-refractivity contribution in [3.8, 4) is 0 Å². The van der Waals surface area contributed by atoms with Crippen molar-refractivity contribution in [1.82, 2.24) is 0 Å². The second-order valence-corrected chi connectivity index (χ2v) is 13.1. The van der Waals surface area contributed by atoms with E-state index in [1.807, 2.05) is 6.08 Å². The number of aliphatic hydroxyl groups excluding tert-OH is 3. The van der Waals surface area contributed by atoms with Gasteiger partial charge in [0.05, 0.1) is 12.2 Å². The first-order valence-electron chi connectivity index (χ1n) is 19.4. The van der Waals surface area contributed by atoms with E-state index >= 15 is 0 Å². The molecule has 0 aliphatic heterocycles. The summed E-state index contributed by atoms with van der Waals surface area (Å²) >= 11 is 0. The number of carbonyl (C=O) groups excluding carboxylic acids is 2. The fourth-order valence-corrected chi connectivity index (χ4v) is 5.22. The highest BCUT2D eigenvalue weighted by Gasteiger charge is 2.12. The van der Waals surface area contributed by atoms with Crippen LogP contribution >= 0.6 is 0 Å². The van der Waals surface area contributed by atoms with Crippen LogP contribution in [-0.2, 0) is 19.1 Å². The number of aliphatic hydroxyl groups is 3. The summed E-state index contributed by atoms with van der Waals surface area (Å²) in [5.74, 6) is -0.796. The first kappa shape index (κ1) is 45.8. The molecule has 0 spiro atoms. The van der Waals surface area contributed by atoms with E-state index in [0.29, 0.717) is 25.7 Å². The fraction of sp³-hybridized carbons (Fsp3) is 0.756. The molecule has 0 aliphatic carbocycles. The van der Waals surface area contributed by atoms with Gasteiger partial charge in [-0.3, -0.25) is 9.59 Å². The summed E-state index contributed by atoms with van der Waals surface area (Å²) in [5, 5.41) is 30.0. The molecule has 0 radical (unpaired) electrons. The second-order valence-electron chi connectivity index (χ2n) is 13.1. The van der Waals surface area contributed by atoms with Gasteiger partial charge in [0.2, 0.25) is 0 Å². The summed E-state index contributed by atoms with van der Waals surface area (Å²) in [6.45, 7) is 4.03. The van der Waals surface area contributed by atoms with Crippen LogP contribution in [0, 0.1) is 0 Å². The van der Waals surface area contributed by atoms with Crippen molar-refractivity contribution < 1.29 is 34.4 Å². The molecular weight excluding hydrogens is 604 g/mol. The number of hydrogen-bond donors (Lipinski definition) is 3. The van der Waals surface area contributed by atoms with E-state index in [9.17, 15) is 24.9 Å². The van der Waals surface area contributed by atoms with E-state index in [-0.39, 0.29) is 25.6 Å². The van der Waals surface area contributed by atoms with E-state index in [1.54, 1.807) is 36.5 Å². The van der Waals surface area contributed by atoms with Crippen molar-refractivity contribution in [3.05, 3.63) is 48.6 Å².